The number of aryl methyl sites for hydroxylation is 1. The molecule has 0 saturated heterocycles. The highest BCUT2D eigenvalue weighted by molar-refractivity contribution is 6.28. The Labute approximate surface area is 177 Å². The van der Waals surface area contributed by atoms with Crippen LogP contribution in [0.25, 0.3) is 22.6 Å². The first-order valence-electron chi connectivity index (χ1n) is 8.96. The number of hydrogen-bond acceptors (Lipinski definition) is 6. The molecule has 0 saturated carbocycles. The number of fused-ring (bicyclic) bond motifs is 1. The largest absolute Gasteiger partial charge is 0.472 e. The number of pyridine rings is 2. The van der Waals surface area contributed by atoms with E-state index in [0.29, 0.717) is 16.6 Å². The summed E-state index contributed by atoms with van der Waals surface area (Å²) >= 11 is 5.88. The van der Waals surface area contributed by atoms with Gasteiger partial charge < -0.3 is 9.30 Å². The Bertz CT molecular complexity index is 1260. The van der Waals surface area contributed by atoms with Crippen molar-refractivity contribution in [3.05, 3.63) is 59.1 Å². The van der Waals surface area contributed by atoms with Gasteiger partial charge in [-0.05, 0) is 36.7 Å². The summed E-state index contributed by atoms with van der Waals surface area (Å²) in [6.07, 6.45) is -0.983. The number of rotatable bonds is 5. The zero-order valence-corrected chi connectivity index (χ0v) is 16.6. The zero-order chi connectivity index (χ0) is 22.2. The van der Waals surface area contributed by atoms with Crippen molar-refractivity contribution in [1.82, 2.24) is 29.5 Å². The van der Waals surface area contributed by atoms with E-state index in [0.717, 1.165) is 12.3 Å². The minimum Gasteiger partial charge on any atom is -0.472 e. The number of nitrogens with zero attached hydrogens (tertiary/aromatic N) is 6. The van der Waals surface area contributed by atoms with Crippen molar-refractivity contribution in [2.45, 2.75) is 26.3 Å². The molecule has 0 fully saturated rings. The molecule has 31 heavy (non-hydrogen) atoms. The van der Waals surface area contributed by atoms with E-state index in [2.05, 4.69) is 24.9 Å². The minimum absolute atomic E-state index is 0.0623. The van der Waals surface area contributed by atoms with Crippen LogP contribution in [-0.4, -0.2) is 29.5 Å². The Kier molecular flexibility index (Phi) is 5.44. The van der Waals surface area contributed by atoms with Crippen molar-refractivity contribution in [1.29, 1.82) is 0 Å². The van der Waals surface area contributed by atoms with Gasteiger partial charge in [-0.2, -0.15) is 23.1 Å². The summed E-state index contributed by atoms with van der Waals surface area (Å²) in [6, 6.07) is 4.49. The predicted octanol–water partition coefficient (Wildman–Crippen LogP) is 4.69. The molecule has 0 amide bonds. The van der Waals surface area contributed by atoms with Crippen LogP contribution in [0, 0.1) is 5.82 Å². The molecule has 0 aliphatic rings. The molecule has 4 aromatic rings. The van der Waals surface area contributed by atoms with E-state index in [1.165, 1.54) is 17.0 Å². The number of alkyl halides is 3. The maximum absolute atomic E-state index is 14.7. The lowest BCUT2D eigenvalue weighted by atomic mass is 10.2. The maximum Gasteiger partial charge on any atom is 0.434 e. The average Bonchev–Trinajstić information content (AvgIpc) is 3.16. The van der Waals surface area contributed by atoms with Crippen molar-refractivity contribution >= 4 is 22.6 Å². The Hall–Kier alpha value is -3.34. The van der Waals surface area contributed by atoms with Gasteiger partial charge in [0.15, 0.2) is 23.0 Å². The molecule has 0 radical (unpaired) electrons. The summed E-state index contributed by atoms with van der Waals surface area (Å²) in [5.74, 6) is -0.884. The topological polar surface area (TPSA) is 78.6 Å². The first-order chi connectivity index (χ1) is 14.8. The molecule has 0 unspecified atom stereocenters. The summed E-state index contributed by atoms with van der Waals surface area (Å²) in [5, 5.41) is 0.453. The van der Waals surface area contributed by atoms with Crippen LogP contribution in [-0.2, 0) is 19.3 Å². The lowest BCUT2D eigenvalue weighted by molar-refractivity contribution is -0.140. The fraction of sp³-hybridized carbons (Fsp3) is 0.211. The van der Waals surface area contributed by atoms with E-state index in [1.54, 1.807) is 19.1 Å². The van der Waals surface area contributed by atoms with Crippen molar-refractivity contribution in [2.75, 3.05) is 0 Å². The van der Waals surface area contributed by atoms with Gasteiger partial charge in [-0.1, -0.05) is 0 Å². The number of halogens is 5. The average molecular weight is 453 g/mol. The van der Waals surface area contributed by atoms with Gasteiger partial charge in [-0.15, -0.1) is 0 Å². The highest BCUT2D eigenvalue weighted by atomic mass is 35.5. The maximum atomic E-state index is 14.7. The third-order valence-electron chi connectivity index (χ3n) is 4.30. The minimum atomic E-state index is -4.64. The van der Waals surface area contributed by atoms with E-state index in [4.69, 9.17) is 16.3 Å². The second-order valence-corrected chi connectivity index (χ2v) is 6.71. The Morgan fingerprint density at radius 2 is 1.97 bits per heavy atom. The standard InChI is InChI=1S/C19H13ClF4N6O/c1-2-30-8-13(19(22,23)24)27-16(30)14-12(21)6-10(7-26-14)9-31-17-11-4-3-5-25-15(11)28-18(20)29-17/h3-8H,2,9H2,1H3. The molecule has 7 nitrogen and oxygen atoms in total. The summed E-state index contributed by atoms with van der Waals surface area (Å²) in [7, 11) is 0. The van der Waals surface area contributed by atoms with Crippen molar-refractivity contribution in [3.8, 4) is 17.4 Å². The SMILES string of the molecule is CCn1cc(C(F)(F)F)nc1-c1ncc(COc2nc(Cl)nc3ncccc23)cc1F. The molecule has 12 heteroatoms. The Morgan fingerprint density at radius 3 is 2.68 bits per heavy atom. The highest BCUT2D eigenvalue weighted by Gasteiger charge is 2.35. The molecule has 4 heterocycles. The first-order valence-corrected chi connectivity index (χ1v) is 9.34. The van der Waals surface area contributed by atoms with Crippen molar-refractivity contribution < 1.29 is 22.3 Å². The summed E-state index contributed by atoms with van der Waals surface area (Å²) in [6.45, 7) is 1.68. The molecule has 0 spiro atoms. The van der Waals surface area contributed by atoms with Gasteiger partial charge >= 0.3 is 6.18 Å². The molecule has 0 aromatic carbocycles. The van der Waals surface area contributed by atoms with Gasteiger partial charge in [0.1, 0.15) is 12.3 Å². The van der Waals surface area contributed by atoms with Gasteiger partial charge in [0, 0.05) is 30.7 Å². The van der Waals surface area contributed by atoms with Crippen molar-refractivity contribution in [2.24, 2.45) is 0 Å². The van der Waals surface area contributed by atoms with E-state index < -0.39 is 17.7 Å². The highest BCUT2D eigenvalue weighted by Crippen LogP contribution is 2.31. The molecule has 4 aromatic heterocycles. The van der Waals surface area contributed by atoms with Gasteiger partial charge in [-0.25, -0.2) is 19.3 Å². The smallest absolute Gasteiger partial charge is 0.434 e. The fourth-order valence-electron chi connectivity index (χ4n) is 2.87. The van der Waals surface area contributed by atoms with Crippen LogP contribution < -0.4 is 4.74 Å². The molecule has 4 rings (SSSR count). The monoisotopic (exact) mass is 452 g/mol. The van der Waals surface area contributed by atoms with Crippen LogP contribution in [0.5, 0.6) is 5.88 Å². The number of ether oxygens (including phenoxy) is 1. The van der Waals surface area contributed by atoms with E-state index in [-0.39, 0.29) is 35.8 Å². The van der Waals surface area contributed by atoms with Gasteiger partial charge in [0.05, 0.1) is 5.39 Å². The van der Waals surface area contributed by atoms with Crippen LogP contribution in [0.2, 0.25) is 5.28 Å². The Morgan fingerprint density at radius 1 is 1.16 bits per heavy atom. The molecule has 0 aliphatic carbocycles. The number of aromatic nitrogens is 6. The molecule has 0 bridgehead atoms. The predicted molar refractivity (Wildman–Crippen MR) is 103 cm³/mol. The third-order valence-corrected chi connectivity index (χ3v) is 4.47. The molecule has 0 atom stereocenters. The van der Waals surface area contributed by atoms with Gasteiger partial charge in [0.25, 0.3) is 0 Å². The summed E-state index contributed by atoms with van der Waals surface area (Å²) < 4.78 is 60.4. The normalized spacial score (nSPS) is 11.8. The van der Waals surface area contributed by atoms with Crippen LogP contribution in [0.15, 0.2) is 36.8 Å². The van der Waals surface area contributed by atoms with Crippen LogP contribution in [0.4, 0.5) is 17.6 Å². The summed E-state index contributed by atoms with van der Waals surface area (Å²) in [5.41, 5.74) is -0.734. The van der Waals surface area contributed by atoms with Crippen LogP contribution >= 0.6 is 11.6 Å². The van der Waals surface area contributed by atoms with Crippen LogP contribution in [0.3, 0.4) is 0 Å². The number of hydrogen-bond donors (Lipinski definition) is 0. The first kappa shape index (κ1) is 20.9. The molecule has 0 N–H and O–H groups in total. The van der Waals surface area contributed by atoms with Crippen LogP contribution in [0.1, 0.15) is 18.2 Å². The number of imidazole rings is 1. The molecule has 0 aliphatic heterocycles. The van der Waals surface area contributed by atoms with Gasteiger partial charge in [0.2, 0.25) is 11.2 Å². The van der Waals surface area contributed by atoms with E-state index in [1.807, 2.05) is 0 Å². The second kappa shape index (κ2) is 8.06. The quantitative estimate of drug-likeness (QED) is 0.323. The van der Waals surface area contributed by atoms with E-state index in [9.17, 15) is 17.6 Å². The Balaban J connectivity index is 1.60. The fourth-order valence-corrected chi connectivity index (χ4v) is 3.03. The summed E-state index contributed by atoms with van der Waals surface area (Å²) in [4.78, 5) is 19.6. The third kappa shape index (κ3) is 4.26. The lowest BCUT2D eigenvalue weighted by Crippen LogP contribution is -2.05. The molecule has 160 valence electrons. The molecular weight excluding hydrogens is 440 g/mol. The van der Waals surface area contributed by atoms with E-state index >= 15 is 0 Å². The lowest BCUT2D eigenvalue weighted by Gasteiger charge is -2.09. The second-order valence-electron chi connectivity index (χ2n) is 6.37. The van der Waals surface area contributed by atoms with Gasteiger partial charge in [-0.3, -0.25) is 0 Å². The zero-order valence-electron chi connectivity index (χ0n) is 15.9. The van der Waals surface area contributed by atoms with Crippen molar-refractivity contribution in [3.63, 3.8) is 0 Å². The molecular formula is C19H13ClF4N6O.